The number of hydrogen-bond donors (Lipinski definition) is 3. The largest absolute Gasteiger partial charge is 0.370 e. The molecule has 7 nitrogen and oxygen atoms in total. The Labute approximate surface area is 158 Å². The van der Waals surface area contributed by atoms with Crippen molar-refractivity contribution in [2.75, 3.05) is 39.0 Å². The van der Waals surface area contributed by atoms with Crippen LogP contribution in [0.25, 0.3) is 0 Å². The summed E-state index contributed by atoms with van der Waals surface area (Å²) in [5, 5.41) is 6.03. The van der Waals surface area contributed by atoms with Crippen molar-refractivity contribution in [3.63, 3.8) is 0 Å². The first-order chi connectivity index (χ1) is 11.5. The Morgan fingerprint density at radius 3 is 2.80 bits per heavy atom. The van der Waals surface area contributed by atoms with Gasteiger partial charge in [0, 0.05) is 17.8 Å². The van der Waals surface area contributed by atoms with E-state index in [0.717, 1.165) is 37.9 Å². The molecule has 1 aromatic heterocycles. The molecule has 142 valence electrons. The molecule has 0 aromatic carbocycles. The maximum absolute atomic E-state index is 12.3. The number of carbonyl (C=O) groups excluding carboxylic acids is 1. The summed E-state index contributed by atoms with van der Waals surface area (Å²) in [6.45, 7) is 2.61. The molecular weight excluding hydrogens is 386 g/mol. The van der Waals surface area contributed by atoms with Crippen molar-refractivity contribution < 1.29 is 17.9 Å². The van der Waals surface area contributed by atoms with E-state index < -0.39 is 10.0 Å². The third kappa shape index (κ3) is 4.53. The van der Waals surface area contributed by atoms with Crippen LogP contribution >= 0.6 is 23.7 Å². The van der Waals surface area contributed by atoms with Crippen molar-refractivity contribution in [2.45, 2.75) is 24.9 Å². The molecule has 1 saturated heterocycles. The van der Waals surface area contributed by atoms with Crippen molar-refractivity contribution in [1.82, 2.24) is 15.4 Å². The predicted molar refractivity (Wildman–Crippen MR) is 100 cm³/mol. The summed E-state index contributed by atoms with van der Waals surface area (Å²) in [6, 6.07) is 1.94. The Kier molecular flexibility index (Phi) is 6.86. The number of piperidine rings is 1. The van der Waals surface area contributed by atoms with Gasteiger partial charge in [0.2, 0.25) is 10.0 Å². The van der Waals surface area contributed by atoms with Gasteiger partial charge in [-0.2, -0.15) is 0 Å². The molecule has 1 amide bonds. The number of sulfonamides is 1. The van der Waals surface area contributed by atoms with Crippen LogP contribution in [0, 0.1) is 0 Å². The molecule has 0 radical (unpaired) electrons. The molecule has 0 bridgehead atoms. The number of nitrogens with one attached hydrogen (secondary N) is 3. The first kappa shape index (κ1) is 20.6. The zero-order chi connectivity index (χ0) is 17.2. The third-order valence-electron chi connectivity index (χ3n) is 4.61. The Bertz CT molecular complexity index is 714. The highest BCUT2D eigenvalue weighted by Gasteiger charge is 2.40. The standard InChI is InChI=1S/C15H23N3O4S2.ClH/c1-16-24(20,21)9-7-18-14(19)13-10-11-12(23-13)2-8-22-15(11)3-5-17-6-4-15;/h10,16-17H,2-9H2,1H3,(H,18,19);1H. The van der Waals surface area contributed by atoms with E-state index in [1.807, 2.05) is 6.07 Å². The number of ether oxygens (including phenoxy) is 1. The van der Waals surface area contributed by atoms with Crippen molar-refractivity contribution in [3.8, 4) is 0 Å². The number of carbonyl (C=O) groups is 1. The van der Waals surface area contributed by atoms with Gasteiger partial charge in [0.1, 0.15) is 0 Å². The van der Waals surface area contributed by atoms with Crippen molar-refractivity contribution in [1.29, 1.82) is 0 Å². The monoisotopic (exact) mass is 409 g/mol. The van der Waals surface area contributed by atoms with Crippen LogP contribution in [0.3, 0.4) is 0 Å². The van der Waals surface area contributed by atoms with Gasteiger partial charge < -0.3 is 15.4 Å². The topological polar surface area (TPSA) is 96.5 Å². The van der Waals surface area contributed by atoms with Crippen LogP contribution in [0.4, 0.5) is 0 Å². The van der Waals surface area contributed by atoms with E-state index in [1.165, 1.54) is 23.3 Å². The molecule has 2 aliphatic rings. The minimum atomic E-state index is -3.31. The van der Waals surface area contributed by atoms with Gasteiger partial charge in [-0.15, -0.1) is 23.7 Å². The minimum Gasteiger partial charge on any atom is -0.370 e. The summed E-state index contributed by atoms with van der Waals surface area (Å²) in [7, 11) is -1.95. The molecule has 0 atom stereocenters. The Morgan fingerprint density at radius 2 is 2.12 bits per heavy atom. The molecule has 3 rings (SSSR count). The first-order valence-corrected chi connectivity index (χ1v) is 10.6. The second-order valence-electron chi connectivity index (χ2n) is 6.07. The summed E-state index contributed by atoms with van der Waals surface area (Å²) in [4.78, 5) is 14.2. The van der Waals surface area contributed by atoms with Crippen LogP contribution < -0.4 is 15.4 Å². The molecule has 3 heterocycles. The fourth-order valence-corrected chi connectivity index (χ4v) is 4.98. The maximum atomic E-state index is 12.3. The van der Waals surface area contributed by atoms with E-state index in [4.69, 9.17) is 4.74 Å². The fraction of sp³-hybridized carbons (Fsp3) is 0.667. The number of halogens is 1. The lowest BCUT2D eigenvalue weighted by Gasteiger charge is -2.40. The molecule has 25 heavy (non-hydrogen) atoms. The van der Waals surface area contributed by atoms with Gasteiger partial charge in [-0.05, 0) is 44.6 Å². The van der Waals surface area contributed by atoms with Crippen LogP contribution in [-0.4, -0.2) is 53.4 Å². The predicted octanol–water partition coefficient (Wildman–Crippen LogP) is 0.600. The molecule has 1 spiro atoms. The van der Waals surface area contributed by atoms with Gasteiger partial charge in [0.05, 0.1) is 22.8 Å². The van der Waals surface area contributed by atoms with E-state index in [0.29, 0.717) is 11.5 Å². The van der Waals surface area contributed by atoms with Crippen LogP contribution in [-0.2, 0) is 26.8 Å². The summed E-state index contributed by atoms with van der Waals surface area (Å²) >= 11 is 1.50. The van der Waals surface area contributed by atoms with Gasteiger partial charge in [-0.1, -0.05) is 0 Å². The van der Waals surface area contributed by atoms with Crippen LogP contribution in [0.15, 0.2) is 6.07 Å². The molecule has 0 aliphatic carbocycles. The van der Waals surface area contributed by atoms with Gasteiger partial charge in [-0.3, -0.25) is 4.79 Å². The van der Waals surface area contributed by atoms with Crippen LogP contribution in [0.1, 0.15) is 33.0 Å². The number of rotatable bonds is 5. The normalized spacial score (nSPS) is 19.1. The first-order valence-electron chi connectivity index (χ1n) is 8.13. The van der Waals surface area contributed by atoms with Crippen LogP contribution in [0.5, 0.6) is 0 Å². The van der Waals surface area contributed by atoms with E-state index >= 15 is 0 Å². The summed E-state index contributed by atoms with van der Waals surface area (Å²) in [5.74, 6) is -0.344. The summed E-state index contributed by atoms with van der Waals surface area (Å²) in [5.41, 5.74) is 0.886. The van der Waals surface area contributed by atoms with Gasteiger partial charge >= 0.3 is 0 Å². The van der Waals surface area contributed by atoms with E-state index in [2.05, 4.69) is 15.4 Å². The van der Waals surface area contributed by atoms with Crippen LogP contribution in [0.2, 0.25) is 0 Å². The Hall–Kier alpha value is -0.710. The highest BCUT2D eigenvalue weighted by molar-refractivity contribution is 7.89. The van der Waals surface area contributed by atoms with Crippen molar-refractivity contribution >= 4 is 39.7 Å². The van der Waals surface area contributed by atoms with E-state index in [1.54, 1.807) is 0 Å². The lowest BCUT2D eigenvalue weighted by atomic mass is 9.83. The quantitative estimate of drug-likeness (QED) is 0.661. The Balaban J connectivity index is 0.00000225. The Morgan fingerprint density at radius 1 is 1.40 bits per heavy atom. The second-order valence-corrected chi connectivity index (χ2v) is 9.25. The number of amides is 1. The summed E-state index contributed by atoms with van der Waals surface area (Å²) < 4.78 is 31.1. The molecule has 0 unspecified atom stereocenters. The van der Waals surface area contributed by atoms with Gasteiger partial charge in [0.15, 0.2) is 0 Å². The zero-order valence-electron chi connectivity index (χ0n) is 14.1. The molecule has 2 aliphatic heterocycles. The zero-order valence-corrected chi connectivity index (χ0v) is 16.5. The third-order valence-corrected chi connectivity index (χ3v) is 7.17. The highest BCUT2D eigenvalue weighted by Crippen LogP contribution is 2.43. The van der Waals surface area contributed by atoms with Crippen molar-refractivity contribution in [3.05, 3.63) is 21.4 Å². The number of hydrogen-bond acceptors (Lipinski definition) is 6. The van der Waals surface area contributed by atoms with Gasteiger partial charge in [0.25, 0.3) is 5.91 Å². The van der Waals surface area contributed by atoms with Crippen molar-refractivity contribution in [2.24, 2.45) is 0 Å². The molecule has 1 aromatic rings. The minimum absolute atomic E-state index is 0. The van der Waals surface area contributed by atoms with Gasteiger partial charge in [-0.25, -0.2) is 13.1 Å². The average Bonchev–Trinajstić information content (AvgIpc) is 3.02. The van der Waals surface area contributed by atoms with E-state index in [9.17, 15) is 13.2 Å². The molecular formula is C15H24ClN3O4S2. The second kappa shape index (κ2) is 8.32. The molecule has 3 N–H and O–H groups in total. The summed E-state index contributed by atoms with van der Waals surface area (Å²) in [6.07, 6.45) is 2.66. The highest BCUT2D eigenvalue weighted by atomic mass is 35.5. The van der Waals surface area contributed by atoms with E-state index in [-0.39, 0.29) is 36.2 Å². The lowest BCUT2D eigenvalue weighted by molar-refractivity contribution is -0.0792. The SMILES string of the molecule is CNS(=O)(=O)CCNC(=O)c1cc2c(s1)CCOC21CCNCC1.Cl. The maximum Gasteiger partial charge on any atom is 0.261 e. The number of fused-ring (bicyclic) bond motifs is 2. The average molecular weight is 410 g/mol. The fourth-order valence-electron chi connectivity index (χ4n) is 3.26. The lowest BCUT2D eigenvalue weighted by Crippen LogP contribution is -2.44. The number of thiophene rings is 1. The molecule has 0 saturated carbocycles. The molecule has 1 fully saturated rings. The smallest absolute Gasteiger partial charge is 0.261 e. The molecule has 10 heteroatoms.